The van der Waals surface area contributed by atoms with E-state index in [0.29, 0.717) is 5.15 Å². The molecule has 21 heteroatoms. The van der Waals surface area contributed by atoms with Crippen LogP contribution in [0.5, 0.6) is 0 Å². The molecule has 0 atom stereocenters. The molecule has 9 rings (SSSR count). The first kappa shape index (κ1) is 77.0. The molecular weight excluding hydrogens is 1440 g/mol. The molecule has 0 unspecified atom stereocenters. The number of fused-ring (bicyclic) bond motifs is 3. The van der Waals surface area contributed by atoms with Crippen LogP contribution in [0.3, 0.4) is 0 Å². The largest absolute Gasteiger partial charge is 0.394 e. The standard InChI is InChI=1S/2C14H10N2.C9H6ClN.C5H4N.8CO.BrH.2ClH.2Re.Zn/c2*1-2-6-12-11(5-1)8-10-16-14(12)13-7-3-4-9-15-13;10-9-8-4-2-1-3-7(8)5-6-11-9;1-2-4-6-5-3-1;8*1-2;;;;;;/h2*1-10H;1-6H;1-4H;;;;;;;;;3*1H;;;/q;;;-1;;;;;;;;;;;;2*+1;+2/p-3. The molecule has 3 aromatic carbocycles. The minimum Gasteiger partial charge on any atom is -0.394 e. The summed E-state index contributed by atoms with van der Waals surface area (Å²) in [6.07, 6.45) is 13.3. The van der Waals surface area contributed by atoms with Crippen molar-refractivity contribution < 1.29 is 89.9 Å². The average Bonchev–Trinajstić information content (AvgIpc) is 3.52. The van der Waals surface area contributed by atoms with Gasteiger partial charge < -0.3 is 4.98 Å². The Morgan fingerprint density at radius 2 is 0.676 bits per heavy atom. The Morgan fingerprint density at radius 3 is 0.958 bits per heavy atom. The second-order valence-electron chi connectivity index (χ2n) is 10.5. The molecule has 0 spiro atoms. The van der Waals surface area contributed by atoms with Gasteiger partial charge in [-0.25, -0.2) is 4.98 Å². The van der Waals surface area contributed by atoms with E-state index in [4.69, 9.17) is 67.9 Å². The first-order chi connectivity index (χ1) is 35.3. The number of halogens is 4. The van der Waals surface area contributed by atoms with Crippen molar-refractivity contribution in [1.29, 1.82) is 0 Å². The summed E-state index contributed by atoms with van der Waals surface area (Å²) in [5.41, 5.74) is 3.72. The summed E-state index contributed by atoms with van der Waals surface area (Å²) in [6, 6.07) is 47.6. The van der Waals surface area contributed by atoms with Gasteiger partial charge in [0.05, 0.1) is 22.8 Å². The zero-order valence-electron chi connectivity index (χ0n) is 36.2. The molecule has 352 valence electrons. The van der Waals surface area contributed by atoms with Gasteiger partial charge in [-0.15, -0.1) is 0 Å². The first-order valence-electron chi connectivity index (χ1n) is 17.7. The maximum absolute atomic E-state index is 7.50. The van der Waals surface area contributed by atoms with Crippen LogP contribution >= 0.6 is 44.3 Å². The van der Waals surface area contributed by atoms with Crippen LogP contribution in [0.25, 0.3) is 55.1 Å². The van der Waals surface area contributed by atoms with Crippen molar-refractivity contribution in [2.24, 2.45) is 0 Å². The van der Waals surface area contributed by atoms with Gasteiger partial charge in [-0.2, -0.15) is 18.2 Å². The van der Waals surface area contributed by atoms with Crippen LogP contribution in [-0.4, -0.2) is 29.9 Å². The van der Waals surface area contributed by atoms with E-state index >= 15 is 0 Å². The van der Waals surface area contributed by atoms with Crippen LogP contribution in [-0.2, 0) is 89.9 Å². The second kappa shape index (κ2) is 62.6. The van der Waals surface area contributed by atoms with Crippen LogP contribution in [0.1, 0.15) is 0 Å². The van der Waals surface area contributed by atoms with Crippen LogP contribution in [0.4, 0.5) is 0 Å². The number of hydrogen-bond acceptors (Lipinski definition) is 6. The van der Waals surface area contributed by atoms with Crippen molar-refractivity contribution in [3.63, 3.8) is 0 Å². The molecule has 9 aromatic rings. The monoisotopic (exact) mass is 1460 g/mol. The minimum atomic E-state index is 0.572. The van der Waals surface area contributed by atoms with E-state index in [-0.39, 0.29) is 0 Å². The Morgan fingerprint density at radius 1 is 0.366 bits per heavy atom. The van der Waals surface area contributed by atoms with Gasteiger partial charge in [0.15, 0.2) is 0 Å². The number of aromatic nitrogens is 6. The molecule has 0 aliphatic carbocycles. The molecule has 14 nitrogen and oxygen atoms in total. The summed E-state index contributed by atoms with van der Waals surface area (Å²) in [7, 11) is 9.39. The van der Waals surface area contributed by atoms with E-state index in [2.05, 4.69) is 127 Å². The van der Waals surface area contributed by atoms with E-state index in [1.807, 2.05) is 128 Å². The van der Waals surface area contributed by atoms with Crippen LogP contribution in [0.15, 0.2) is 183 Å². The average molecular weight is 1470 g/mol. The van der Waals surface area contributed by atoms with Crippen molar-refractivity contribution in [1.82, 2.24) is 29.9 Å². The summed E-state index contributed by atoms with van der Waals surface area (Å²) in [4.78, 5) is 25.1. The Labute approximate surface area is 462 Å². The van der Waals surface area contributed by atoms with Crippen molar-refractivity contribution in [2.75, 3.05) is 0 Å². The maximum atomic E-state index is 7.50. The van der Waals surface area contributed by atoms with Crippen LogP contribution < -0.4 is 0 Å². The van der Waals surface area contributed by atoms with Crippen molar-refractivity contribution in [2.45, 2.75) is 0 Å². The smallest absolute Gasteiger partial charge is 0.0964 e. The molecule has 0 aliphatic rings. The van der Waals surface area contributed by atoms with E-state index in [0.717, 1.165) is 44.3 Å². The summed E-state index contributed by atoms with van der Waals surface area (Å²) < 4.78 is 60.0. The summed E-state index contributed by atoms with van der Waals surface area (Å²) >= 11 is 12.5. The zero-order chi connectivity index (χ0) is 55.5. The SMILES string of the molecule is Clc1nccc2ccccc12.[C-]#[O+].[C-]#[O+].[C-]#[O+].[C-]#[O+].[C-]#[O+].[C-]#[O+].[C-]#[O+].[C-]#[O+].[Cl][Re].[Cl][Re].[Zn+][Br].[c-]1ccccn1.c1ccc(-c2nccc3ccccc23)nc1.c1ccc(-c2nccc3ccccc23)nc1. The third-order valence-corrected chi connectivity index (χ3v) is 7.61. The van der Waals surface area contributed by atoms with Gasteiger partial charge in [-0.1, -0.05) is 109 Å². The van der Waals surface area contributed by atoms with Crippen molar-refractivity contribution in [3.05, 3.63) is 247 Å². The third-order valence-electron chi connectivity index (χ3n) is 7.30. The zero-order valence-corrected chi connectivity index (χ0v) is 48.5. The maximum Gasteiger partial charge on any atom is 0.0964 e. The normalized spacial score (nSPS) is 7.49. The molecule has 0 radical (unpaired) electrons. The molecule has 0 amide bonds. The summed E-state index contributed by atoms with van der Waals surface area (Å²) in [5, 5.41) is 7.39. The fourth-order valence-corrected chi connectivity index (χ4v) is 5.24. The van der Waals surface area contributed by atoms with Crippen molar-refractivity contribution in [3.8, 4) is 22.8 Å². The van der Waals surface area contributed by atoms with Crippen LogP contribution in [0.2, 0.25) is 5.15 Å². The molecule has 0 bridgehead atoms. The third kappa shape index (κ3) is 33.0. The quantitative estimate of drug-likeness (QED) is 0.0705. The molecule has 0 saturated carbocycles. The molecular formula is C50H30BrCl3N6O8Re2Zn. The van der Waals surface area contributed by atoms with E-state index in [9.17, 15) is 0 Å². The fourth-order valence-electron chi connectivity index (χ4n) is 5.01. The Hall–Kier alpha value is -5.44. The van der Waals surface area contributed by atoms with E-state index in [1.54, 1.807) is 30.9 Å². The topological polar surface area (TPSA) is 237 Å². The molecule has 0 N–H and O–H groups in total. The molecule has 6 heterocycles. The summed E-state index contributed by atoms with van der Waals surface area (Å²) in [5.74, 6) is 0. The van der Waals surface area contributed by atoms with Gasteiger partial charge in [0.2, 0.25) is 0 Å². The van der Waals surface area contributed by atoms with Gasteiger partial charge >= 0.3 is 176 Å². The second-order valence-corrected chi connectivity index (χ2v) is 10.8. The van der Waals surface area contributed by atoms with Crippen LogP contribution in [0, 0.1) is 59.4 Å². The molecule has 6 aromatic heterocycles. The number of hydrogen-bond donors (Lipinski definition) is 0. The Kier molecular flexibility index (Phi) is 67.9. The number of rotatable bonds is 2. The van der Waals surface area contributed by atoms with Gasteiger partial charge in [0.25, 0.3) is 0 Å². The van der Waals surface area contributed by atoms with Crippen molar-refractivity contribution >= 4 is 76.6 Å². The summed E-state index contributed by atoms with van der Waals surface area (Å²) in [6.45, 7) is 36.0. The molecule has 0 saturated heterocycles. The van der Waals surface area contributed by atoms with Gasteiger partial charge in [-0.05, 0) is 58.6 Å². The minimum absolute atomic E-state index is 0.572. The van der Waals surface area contributed by atoms with E-state index in [1.165, 1.54) is 63.5 Å². The van der Waals surface area contributed by atoms with E-state index < -0.39 is 0 Å². The Balaban J connectivity index is -0.000000180. The number of pyridine rings is 6. The number of benzene rings is 3. The predicted octanol–water partition coefficient (Wildman–Crippen LogP) is 12.3. The fraction of sp³-hybridized carbons (Fsp3) is 0. The van der Waals surface area contributed by atoms with Gasteiger partial charge in [0.1, 0.15) is 5.15 Å². The first-order valence-corrected chi connectivity index (χ1v) is 31.8. The predicted molar refractivity (Wildman–Crippen MR) is 252 cm³/mol. The Bertz CT molecular complexity index is 2590. The molecule has 0 fully saturated rings. The molecule has 0 aliphatic heterocycles. The van der Waals surface area contributed by atoms with Gasteiger partial charge in [0, 0.05) is 47.1 Å². The molecule has 71 heavy (non-hydrogen) atoms. The van der Waals surface area contributed by atoms with Gasteiger partial charge in [-0.3, -0.25) is 19.9 Å². The number of nitrogens with zero attached hydrogens (tertiary/aromatic N) is 6.